The van der Waals surface area contributed by atoms with Gasteiger partial charge in [0.05, 0.1) is 35.4 Å². The van der Waals surface area contributed by atoms with Gasteiger partial charge >= 0.3 is 0 Å². The fourth-order valence-electron chi connectivity index (χ4n) is 4.77. The number of hydrogen-bond acceptors (Lipinski definition) is 5. The SMILES string of the molecule is Cc1nn(C(C)(C)C)c2nc(C3CC3)cc(C(=O)N3CCCC(C4OCCO4)C3)c12. The van der Waals surface area contributed by atoms with Crippen molar-refractivity contribution in [1.82, 2.24) is 19.7 Å². The monoisotopic (exact) mass is 412 g/mol. The van der Waals surface area contributed by atoms with Crippen molar-refractivity contribution in [2.45, 2.75) is 71.1 Å². The molecule has 2 aromatic heterocycles. The summed E-state index contributed by atoms with van der Waals surface area (Å²) in [5, 5.41) is 5.69. The second-order valence-electron chi connectivity index (χ2n) is 10.00. The van der Waals surface area contributed by atoms with Crippen LogP contribution in [0.15, 0.2) is 6.07 Å². The molecule has 162 valence electrons. The Morgan fingerprint density at radius 1 is 1.17 bits per heavy atom. The van der Waals surface area contributed by atoms with Gasteiger partial charge in [0, 0.05) is 30.6 Å². The smallest absolute Gasteiger partial charge is 0.254 e. The Balaban J connectivity index is 1.54. The summed E-state index contributed by atoms with van der Waals surface area (Å²) in [6, 6.07) is 2.04. The van der Waals surface area contributed by atoms with E-state index in [1.54, 1.807) is 0 Å². The molecule has 3 aliphatic rings. The second-order valence-corrected chi connectivity index (χ2v) is 10.00. The molecule has 30 heavy (non-hydrogen) atoms. The molecule has 0 spiro atoms. The predicted molar refractivity (Wildman–Crippen MR) is 114 cm³/mol. The lowest BCUT2D eigenvalue weighted by atomic mass is 9.96. The highest BCUT2D eigenvalue weighted by Crippen LogP contribution is 2.41. The first-order valence-corrected chi connectivity index (χ1v) is 11.3. The molecule has 1 unspecified atom stereocenters. The molecule has 7 nitrogen and oxygen atoms in total. The van der Waals surface area contributed by atoms with Gasteiger partial charge in [0.25, 0.3) is 5.91 Å². The third-order valence-corrected chi connectivity index (χ3v) is 6.47. The van der Waals surface area contributed by atoms with E-state index in [4.69, 9.17) is 19.6 Å². The molecule has 5 rings (SSSR count). The zero-order valence-electron chi connectivity index (χ0n) is 18.5. The van der Waals surface area contributed by atoms with Crippen LogP contribution in [0.1, 0.15) is 74.1 Å². The number of nitrogens with zero attached hydrogens (tertiary/aromatic N) is 4. The Kier molecular flexibility index (Phi) is 4.86. The number of aryl methyl sites for hydroxylation is 1. The molecule has 1 atom stereocenters. The van der Waals surface area contributed by atoms with Crippen LogP contribution in [0.25, 0.3) is 11.0 Å². The predicted octanol–water partition coefficient (Wildman–Crippen LogP) is 3.60. The number of piperidine rings is 1. The van der Waals surface area contributed by atoms with Crippen LogP contribution in [0.5, 0.6) is 0 Å². The van der Waals surface area contributed by atoms with E-state index >= 15 is 0 Å². The van der Waals surface area contributed by atoms with E-state index in [0.717, 1.165) is 60.2 Å². The summed E-state index contributed by atoms with van der Waals surface area (Å²) in [5.74, 6) is 0.798. The van der Waals surface area contributed by atoms with Crippen LogP contribution >= 0.6 is 0 Å². The topological polar surface area (TPSA) is 69.5 Å². The van der Waals surface area contributed by atoms with Gasteiger partial charge in [-0.2, -0.15) is 5.10 Å². The summed E-state index contributed by atoms with van der Waals surface area (Å²) in [5.41, 5.74) is 3.30. The molecule has 4 heterocycles. The Morgan fingerprint density at radius 3 is 2.57 bits per heavy atom. The van der Waals surface area contributed by atoms with Gasteiger partial charge in [0.2, 0.25) is 0 Å². The zero-order chi connectivity index (χ0) is 21.0. The van der Waals surface area contributed by atoms with Crippen LogP contribution in [0.3, 0.4) is 0 Å². The summed E-state index contributed by atoms with van der Waals surface area (Å²) < 4.78 is 13.4. The largest absolute Gasteiger partial charge is 0.350 e. The van der Waals surface area contributed by atoms with Gasteiger partial charge in [-0.05, 0) is 59.4 Å². The molecule has 3 fully saturated rings. The summed E-state index contributed by atoms with van der Waals surface area (Å²) in [4.78, 5) is 20.7. The van der Waals surface area contributed by atoms with Crippen LogP contribution in [0, 0.1) is 12.8 Å². The average molecular weight is 413 g/mol. The summed E-state index contributed by atoms with van der Waals surface area (Å²) in [6.07, 6.45) is 4.14. The van der Waals surface area contributed by atoms with Crippen molar-refractivity contribution in [2.24, 2.45) is 5.92 Å². The molecule has 1 saturated carbocycles. The summed E-state index contributed by atoms with van der Waals surface area (Å²) >= 11 is 0. The fraction of sp³-hybridized carbons (Fsp3) is 0.696. The van der Waals surface area contributed by atoms with Gasteiger partial charge in [-0.3, -0.25) is 4.79 Å². The van der Waals surface area contributed by atoms with E-state index in [1.165, 1.54) is 0 Å². The standard InChI is InChI=1S/C23H32N4O3/c1-14-19-17(21(28)26-9-5-6-16(13-26)22-29-10-11-30-22)12-18(15-7-8-15)24-20(19)27(25-14)23(2,3)4/h12,15-16,22H,5-11,13H2,1-4H3. The van der Waals surface area contributed by atoms with Crippen molar-refractivity contribution < 1.29 is 14.3 Å². The Labute approximate surface area is 177 Å². The third kappa shape index (κ3) is 3.52. The highest BCUT2D eigenvalue weighted by molar-refractivity contribution is 6.06. The molecule has 2 aliphatic heterocycles. The number of pyridine rings is 1. The molecule has 0 radical (unpaired) electrons. The normalized spacial score (nSPS) is 23.5. The second kappa shape index (κ2) is 7.31. The maximum absolute atomic E-state index is 13.8. The van der Waals surface area contributed by atoms with Gasteiger partial charge in [-0.25, -0.2) is 9.67 Å². The van der Waals surface area contributed by atoms with Crippen LogP contribution in [0.2, 0.25) is 0 Å². The number of ether oxygens (including phenoxy) is 2. The van der Waals surface area contributed by atoms with Gasteiger partial charge < -0.3 is 14.4 Å². The fourth-order valence-corrected chi connectivity index (χ4v) is 4.77. The molecule has 1 amide bonds. The van der Waals surface area contributed by atoms with E-state index in [0.29, 0.717) is 25.7 Å². The molecular formula is C23H32N4O3. The third-order valence-electron chi connectivity index (χ3n) is 6.47. The molecule has 7 heteroatoms. The zero-order valence-corrected chi connectivity index (χ0v) is 18.5. The van der Waals surface area contributed by atoms with Crippen LogP contribution in [0.4, 0.5) is 0 Å². The summed E-state index contributed by atoms with van der Waals surface area (Å²) in [7, 11) is 0. The van der Waals surface area contributed by atoms with Crippen molar-refractivity contribution in [3.63, 3.8) is 0 Å². The molecule has 0 aromatic carbocycles. The van der Waals surface area contributed by atoms with E-state index in [9.17, 15) is 4.79 Å². The lowest BCUT2D eigenvalue weighted by molar-refractivity contribution is -0.0969. The lowest BCUT2D eigenvalue weighted by Crippen LogP contribution is -2.44. The number of rotatable bonds is 3. The van der Waals surface area contributed by atoms with Crippen LogP contribution in [-0.4, -0.2) is 58.2 Å². The first-order valence-electron chi connectivity index (χ1n) is 11.3. The number of hydrogen-bond donors (Lipinski definition) is 0. The molecule has 2 saturated heterocycles. The molecule has 1 aliphatic carbocycles. The molecular weight excluding hydrogens is 380 g/mol. The molecule has 0 bridgehead atoms. The highest BCUT2D eigenvalue weighted by Gasteiger charge is 2.35. The summed E-state index contributed by atoms with van der Waals surface area (Å²) in [6.45, 7) is 11.1. The van der Waals surface area contributed by atoms with E-state index in [2.05, 4.69) is 20.8 Å². The lowest BCUT2D eigenvalue weighted by Gasteiger charge is -2.35. The number of fused-ring (bicyclic) bond motifs is 1. The minimum Gasteiger partial charge on any atom is -0.350 e. The highest BCUT2D eigenvalue weighted by atomic mass is 16.7. The molecule has 2 aromatic rings. The Morgan fingerprint density at radius 2 is 1.90 bits per heavy atom. The van der Waals surface area contributed by atoms with Crippen molar-refractivity contribution in [3.05, 3.63) is 23.0 Å². The minimum absolute atomic E-state index is 0.0866. The number of amides is 1. The van der Waals surface area contributed by atoms with Gasteiger partial charge in [0.15, 0.2) is 11.9 Å². The van der Waals surface area contributed by atoms with E-state index < -0.39 is 0 Å². The van der Waals surface area contributed by atoms with Crippen molar-refractivity contribution in [1.29, 1.82) is 0 Å². The van der Waals surface area contributed by atoms with E-state index in [1.807, 2.05) is 22.6 Å². The van der Waals surface area contributed by atoms with Crippen LogP contribution < -0.4 is 0 Å². The maximum atomic E-state index is 13.8. The van der Waals surface area contributed by atoms with Gasteiger partial charge in [-0.15, -0.1) is 0 Å². The van der Waals surface area contributed by atoms with Gasteiger partial charge in [0.1, 0.15) is 0 Å². The van der Waals surface area contributed by atoms with Crippen molar-refractivity contribution in [2.75, 3.05) is 26.3 Å². The molecule has 0 N–H and O–H groups in total. The number of likely N-dealkylation sites (tertiary alicyclic amines) is 1. The Hall–Kier alpha value is -1.99. The van der Waals surface area contributed by atoms with Crippen molar-refractivity contribution in [3.8, 4) is 0 Å². The quantitative estimate of drug-likeness (QED) is 0.770. The van der Waals surface area contributed by atoms with E-state index in [-0.39, 0.29) is 23.7 Å². The number of carbonyl (C=O) groups excluding carboxylic acids is 1. The maximum Gasteiger partial charge on any atom is 0.254 e. The van der Waals surface area contributed by atoms with Crippen LogP contribution in [-0.2, 0) is 15.0 Å². The number of aromatic nitrogens is 3. The first-order chi connectivity index (χ1) is 14.3. The minimum atomic E-state index is -0.199. The first kappa shape index (κ1) is 19.9. The Bertz CT molecular complexity index is 967. The van der Waals surface area contributed by atoms with Gasteiger partial charge in [-0.1, -0.05) is 0 Å². The average Bonchev–Trinajstić information content (AvgIpc) is 3.31. The van der Waals surface area contributed by atoms with Crippen molar-refractivity contribution >= 4 is 16.9 Å². The number of carbonyl (C=O) groups is 1.